The molecule has 2 aromatic carbocycles. The predicted molar refractivity (Wildman–Crippen MR) is 108 cm³/mol. The Balaban J connectivity index is 1.75. The van der Waals surface area contributed by atoms with Crippen molar-refractivity contribution in [1.29, 1.82) is 0 Å². The molecule has 0 radical (unpaired) electrons. The van der Waals surface area contributed by atoms with E-state index in [1.54, 1.807) is 13.0 Å². The number of nitrogens with zero attached hydrogens (tertiary/aromatic N) is 2. The molecule has 2 aliphatic heterocycles. The van der Waals surface area contributed by atoms with Crippen LogP contribution in [0.3, 0.4) is 0 Å². The van der Waals surface area contributed by atoms with Gasteiger partial charge in [0.05, 0.1) is 29.5 Å². The highest BCUT2D eigenvalue weighted by atomic mass is 16.6. The van der Waals surface area contributed by atoms with E-state index in [0.717, 1.165) is 11.3 Å². The van der Waals surface area contributed by atoms with Gasteiger partial charge < -0.3 is 9.64 Å². The second-order valence-electron chi connectivity index (χ2n) is 7.10. The molecule has 0 unspecified atom stereocenters. The fourth-order valence-electron chi connectivity index (χ4n) is 4.20. The molecule has 3 atom stereocenters. The maximum absolute atomic E-state index is 13.4. The van der Waals surface area contributed by atoms with Crippen molar-refractivity contribution in [1.82, 2.24) is 0 Å². The van der Waals surface area contributed by atoms with Crippen LogP contribution in [0.2, 0.25) is 0 Å². The van der Waals surface area contributed by atoms with Gasteiger partial charge in [-0.25, -0.2) is 0 Å². The fourth-order valence-corrected chi connectivity index (χ4v) is 4.20. The molecular weight excluding hydrogens is 372 g/mol. The molecule has 1 fully saturated rings. The highest BCUT2D eigenvalue weighted by Gasteiger charge is 2.48. The number of nitro benzene ring substituents is 1. The van der Waals surface area contributed by atoms with Crippen LogP contribution in [0.5, 0.6) is 0 Å². The van der Waals surface area contributed by atoms with Crippen molar-refractivity contribution >= 4 is 29.2 Å². The number of carbonyl (C=O) groups is 2. The number of hydrogen-bond donors (Lipinski definition) is 0. The number of benzene rings is 2. The number of esters is 1. The number of rotatable bonds is 5. The van der Waals surface area contributed by atoms with E-state index in [4.69, 9.17) is 4.74 Å². The Hall–Kier alpha value is -3.48. The zero-order chi connectivity index (χ0) is 20.5. The minimum absolute atomic E-state index is 0.133. The molecule has 4 rings (SSSR count). The Morgan fingerprint density at radius 2 is 2.00 bits per heavy atom. The molecular formula is C22H20N2O5. The number of non-ortho nitro benzene ring substituents is 1. The molecule has 1 saturated heterocycles. The van der Waals surface area contributed by atoms with Crippen molar-refractivity contribution in [2.45, 2.75) is 25.4 Å². The smallest absolute Gasteiger partial charge is 0.311 e. The van der Waals surface area contributed by atoms with E-state index >= 15 is 0 Å². The molecule has 148 valence electrons. The van der Waals surface area contributed by atoms with Gasteiger partial charge in [-0.3, -0.25) is 19.7 Å². The number of anilines is 1. The zero-order valence-corrected chi connectivity index (χ0v) is 15.9. The Labute approximate surface area is 167 Å². The summed E-state index contributed by atoms with van der Waals surface area (Å²) in [6.07, 6.45) is 4.19. The third-order valence-electron chi connectivity index (χ3n) is 5.47. The van der Waals surface area contributed by atoms with E-state index in [1.165, 1.54) is 18.2 Å². The van der Waals surface area contributed by atoms with Crippen LogP contribution in [-0.2, 0) is 9.53 Å². The summed E-state index contributed by atoms with van der Waals surface area (Å²) in [6.45, 7) is 2.02. The summed E-state index contributed by atoms with van der Waals surface area (Å²) in [7, 11) is 0. The van der Waals surface area contributed by atoms with Gasteiger partial charge in [-0.2, -0.15) is 0 Å². The number of ketones is 1. The molecule has 0 aromatic heterocycles. The van der Waals surface area contributed by atoms with Crippen molar-refractivity contribution in [3.8, 4) is 0 Å². The lowest BCUT2D eigenvalue weighted by molar-refractivity contribution is -0.384. The lowest BCUT2D eigenvalue weighted by Gasteiger charge is -2.35. The molecule has 0 bridgehead atoms. The molecule has 2 aliphatic rings. The average Bonchev–Trinajstić information content (AvgIpc) is 3.14. The Morgan fingerprint density at radius 1 is 1.21 bits per heavy atom. The van der Waals surface area contributed by atoms with E-state index in [2.05, 4.69) is 0 Å². The van der Waals surface area contributed by atoms with Crippen LogP contribution in [0.1, 0.15) is 29.3 Å². The molecule has 0 aliphatic carbocycles. The van der Waals surface area contributed by atoms with E-state index in [1.807, 2.05) is 41.3 Å². The molecule has 29 heavy (non-hydrogen) atoms. The van der Waals surface area contributed by atoms with Crippen molar-refractivity contribution in [2.24, 2.45) is 5.92 Å². The van der Waals surface area contributed by atoms with Crippen LogP contribution in [0.15, 0.2) is 54.6 Å². The number of Topliss-reactive ketones (excluding diaryl/α,β-unsaturated/α-hetero) is 1. The predicted octanol–water partition coefficient (Wildman–Crippen LogP) is 3.63. The van der Waals surface area contributed by atoms with Crippen LogP contribution in [0.4, 0.5) is 11.4 Å². The van der Waals surface area contributed by atoms with Gasteiger partial charge in [0.25, 0.3) is 5.69 Å². The van der Waals surface area contributed by atoms with Crippen LogP contribution >= 0.6 is 0 Å². The largest absolute Gasteiger partial charge is 0.466 e. The van der Waals surface area contributed by atoms with Crippen LogP contribution in [0, 0.1) is 16.0 Å². The molecule has 2 aromatic rings. The maximum atomic E-state index is 13.4. The van der Waals surface area contributed by atoms with E-state index < -0.39 is 16.9 Å². The summed E-state index contributed by atoms with van der Waals surface area (Å²) in [5, 5.41) is 11.1. The van der Waals surface area contributed by atoms with Gasteiger partial charge in [-0.15, -0.1) is 0 Å². The van der Waals surface area contributed by atoms with Crippen LogP contribution in [0.25, 0.3) is 6.08 Å². The first kappa shape index (κ1) is 18.9. The first-order chi connectivity index (χ1) is 14.0. The minimum Gasteiger partial charge on any atom is -0.466 e. The van der Waals surface area contributed by atoms with Gasteiger partial charge >= 0.3 is 5.97 Å². The average molecular weight is 392 g/mol. The molecule has 2 heterocycles. The molecule has 0 N–H and O–H groups in total. The highest BCUT2D eigenvalue weighted by Crippen LogP contribution is 2.42. The van der Waals surface area contributed by atoms with Gasteiger partial charge in [0.15, 0.2) is 5.78 Å². The fraction of sp³-hybridized carbons (Fsp3) is 0.273. The van der Waals surface area contributed by atoms with Crippen molar-refractivity contribution in [3.63, 3.8) is 0 Å². The minimum atomic E-state index is -0.609. The number of fused-ring (bicyclic) bond motifs is 3. The topological polar surface area (TPSA) is 89.8 Å². The molecule has 0 saturated carbocycles. The van der Waals surface area contributed by atoms with E-state index in [0.29, 0.717) is 6.42 Å². The lowest BCUT2D eigenvalue weighted by Crippen LogP contribution is -2.43. The summed E-state index contributed by atoms with van der Waals surface area (Å²) in [5.74, 6) is -1.05. The lowest BCUT2D eigenvalue weighted by atomic mass is 9.95. The van der Waals surface area contributed by atoms with Crippen molar-refractivity contribution < 1.29 is 19.2 Å². The SMILES string of the molecule is CCOC(=O)[C@H]1C[C@@H](C(=O)c2cccc([N+](=O)[O-])c2)N2c3ccccc3C=C[C@H]12. The monoisotopic (exact) mass is 392 g/mol. The third-order valence-corrected chi connectivity index (χ3v) is 5.47. The Bertz CT molecular complexity index is 1020. The van der Waals surface area contributed by atoms with Gasteiger partial charge in [0.2, 0.25) is 0 Å². The Morgan fingerprint density at radius 3 is 2.76 bits per heavy atom. The van der Waals surface area contributed by atoms with E-state index in [9.17, 15) is 19.7 Å². The number of nitro groups is 1. The van der Waals surface area contributed by atoms with Crippen LogP contribution in [-0.4, -0.2) is 35.4 Å². The standard InChI is InChI=1S/C22H20N2O5/c1-2-29-22(26)17-13-20(21(25)15-7-5-8-16(12-15)24(27)28)23-18-9-4-3-6-14(18)10-11-19(17)23/h3-12,17,19-20H,2,13H2,1H3/t17-,19+,20-/m0/s1. The second kappa shape index (κ2) is 7.50. The normalized spacial score (nSPS) is 22.0. The number of hydrogen-bond acceptors (Lipinski definition) is 6. The zero-order valence-electron chi connectivity index (χ0n) is 15.9. The van der Waals surface area contributed by atoms with Crippen LogP contribution < -0.4 is 4.90 Å². The number of para-hydroxylation sites is 1. The van der Waals surface area contributed by atoms with Gasteiger partial charge in [-0.05, 0) is 25.0 Å². The first-order valence-corrected chi connectivity index (χ1v) is 9.52. The molecule has 0 spiro atoms. The summed E-state index contributed by atoms with van der Waals surface area (Å²) < 4.78 is 5.25. The summed E-state index contributed by atoms with van der Waals surface area (Å²) in [6, 6.07) is 12.5. The second-order valence-corrected chi connectivity index (χ2v) is 7.10. The van der Waals surface area contributed by atoms with Crippen molar-refractivity contribution in [3.05, 3.63) is 75.8 Å². The quantitative estimate of drug-likeness (QED) is 0.334. The van der Waals surface area contributed by atoms with Gasteiger partial charge in [0.1, 0.15) is 0 Å². The molecule has 7 heteroatoms. The summed E-state index contributed by atoms with van der Waals surface area (Å²) >= 11 is 0. The van der Waals surface area contributed by atoms with Gasteiger partial charge in [0, 0.05) is 23.4 Å². The van der Waals surface area contributed by atoms with Gasteiger partial charge in [-0.1, -0.05) is 42.5 Å². The molecule has 7 nitrogen and oxygen atoms in total. The molecule has 0 amide bonds. The van der Waals surface area contributed by atoms with E-state index in [-0.39, 0.29) is 35.7 Å². The number of carbonyl (C=O) groups excluding carboxylic acids is 2. The van der Waals surface area contributed by atoms with Crippen molar-refractivity contribution in [2.75, 3.05) is 11.5 Å². The Kier molecular flexibility index (Phi) is 4.88. The highest BCUT2D eigenvalue weighted by molar-refractivity contribution is 6.04. The summed E-state index contributed by atoms with van der Waals surface area (Å²) in [4.78, 5) is 38.5. The summed E-state index contributed by atoms with van der Waals surface area (Å²) in [5.41, 5.74) is 1.96. The third kappa shape index (κ3) is 3.29. The number of ether oxygens (including phenoxy) is 1. The maximum Gasteiger partial charge on any atom is 0.311 e. The first-order valence-electron chi connectivity index (χ1n) is 9.52.